The Morgan fingerprint density at radius 2 is 2.12 bits per heavy atom. The van der Waals surface area contributed by atoms with Crippen molar-refractivity contribution in [2.24, 2.45) is 5.92 Å². The molecule has 1 aromatic carbocycles. The van der Waals surface area contributed by atoms with Crippen LogP contribution in [0.15, 0.2) is 22.7 Å². The average molecular weight is 339 g/mol. The molecule has 0 heterocycles. The van der Waals surface area contributed by atoms with Crippen LogP contribution in [-0.2, 0) is 0 Å². The van der Waals surface area contributed by atoms with E-state index in [4.69, 9.17) is 23.2 Å². The minimum absolute atomic E-state index is 0.00930. The molecule has 1 aromatic rings. The minimum Gasteiger partial charge on any atom is -0.349 e. The first-order valence-corrected chi connectivity index (χ1v) is 6.98. The molecule has 94 valence electrons. The summed E-state index contributed by atoms with van der Waals surface area (Å²) in [7, 11) is 0. The topological polar surface area (TPSA) is 29.1 Å². The van der Waals surface area contributed by atoms with Crippen molar-refractivity contribution >= 4 is 45.0 Å². The first-order chi connectivity index (χ1) is 7.95. The van der Waals surface area contributed by atoms with Gasteiger partial charge in [0, 0.05) is 16.4 Å². The van der Waals surface area contributed by atoms with Crippen LogP contribution >= 0.6 is 39.1 Å². The van der Waals surface area contributed by atoms with E-state index in [9.17, 15) is 4.79 Å². The largest absolute Gasteiger partial charge is 0.349 e. The molecule has 0 saturated heterocycles. The molecule has 0 aromatic heterocycles. The van der Waals surface area contributed by atoms with Crippen molar-refractivity contribution < 1.29 is 4.79 Å². The fourth-order valence-electron chi connectivity index (χ4n) is 1.23. The molecule has 2 unspecified atom stereocenters. The van der Waals surface area contributed by atoms with E-state index in [1.165, 1.54) is 0 Å². The van der Waals surface area contributed by atoms with Crippen LogP contribution in [0.2, 0.25) is 5.02 Å². The van der Waals surface area contributed by atoms with E-state index in [1.54, 1.807) is 18.2 Å². The number of hydrogen-bond donors (Lipinski definition) is 1. The SMILES string of the molecule is CC(CCl)C(C)NC(=O)c1cc(Br)ccc1Cl. The summed E-state index contributed by atoms with van der Waals surface area (Å²) in [4.78, 5) is 12.0. The number of nitrogens with one attached hydrogen (secondary N) is 1. The molecule has 0 bridgehead atoms. The number of amides is 1. The highest BCUT2D eigenvalue weighted by Gasteiger charge is 2.17. The molecule has 0 aliphatic heterocycles. The lowest BCUT2D eigenvalue weighted by Gasteiger charge is -2.19. The molecule has 17 heavy (non-hydrogen) atoms. The van der Waals surface area contributed by atoms with Crippen LogP contribution in [0.1, 0.15) is 24.2 Å². The van der Waals surface area contributed by atoms with Crippen LogP contribution < -0.4 is 5.32 Å². The third kappa shape index (κ3) is 4.16. The van der Waals surface area contributed by atoms with Crippen LogP contribution in [0.4, 0.5) is 0 Å². The average Bonchev–Trinajstić information content (AvgIpc) is 2.30. The second-order valence-electron chi connectivity index (χ2n) is 4.02. The quantitative estimate of drug-likeness (QED) is 0.823. The number of benzene rings is 1. The molecule has 0 aliphatic carbocycles. The van der Waals surface area contributed by atoms with Gasteiger partial charge in [0.15, 0.2) is 0 Å². The highest BCUT2D eigenvalue weighted by molar-refractivity contribution is 9.10. The molecule has 2 nitrogen and oxygen atoms in total. The number of carbonyl (C=O) groups excluding carboxylic acids is 1. The number of rotatable bonds is 4. The Labute approximate surface area is 120 Å². The first-order valence-electron chi connectivity index (χ1n) is 5.27. The van der Waals surface area contributed by atoms with Crippen molar-refractivity contribution in [3.63, 3.8) is 0 Å². The van der Waals surface area contributed by atoms with Crippen LogP contribution in [0, 0.1) is 5.92 Å². The molecular formula is C12H14BrCl2NO. The number of carbonyl (C=O) groups is 1. The zero-order chi connectivity index (χ0) is 13.0. The van der Waals surface area contributed by atoms with Crippen molar-refractivity contribution in [2.75, 3.05) is 5.88 Å². The Morgan fingerprint density at radius 3 is 2.71 bits per heavy atom. The molecule has 0 fully saturated rings. The lowest BCUT2D eigenvalue weighted by Crippen LogP contribution is -2.37. The Balaban J connectivity index is 2.79. The molecule has 0 aliphatic rings. The highest BCUT2D eigenvalue weighted by Crippen LogP contribution is 2.21. The van der Waals surface area contributed by atoms with Gasteiger partial charge in [-0.2, -0.15) is 0 Å². The summed E-state index contributed by atoms with van der Waals surface area (Å²) in [6.45, 7) is 3.91. The summed E-state index contributed by atoms with van der Waals surface area (Å²) in [5.74, 6) is 0.542. The lowest BCUT2D eigenvalue weighted by atomic mass is 10.1. The first kappa shape index (κ1) is 14.8. The van der Waals surface area contributed by atoms with E-state index in [-0.39, 0.29) is 17.9 Å². The van der Waals surface area contributed by atoms with Crippen molar-refractivity contribution in [2.45, 2.75) is 19.9 Å². The second kappa shape index (κ2) is 6.62. The zero-order valence-electron chi connectivity index (χ0n) is 9.64. The number of alkyl halides is 1. The van der Waals surface area contributed by atoms with Crippen LogP contribution in [0.25, 0.3) is 0 Å². The van der Waals surface area contributed by atoms with E-state index in [2.05, 4.69) is 21.2 Å². The molecule has 1 rings (SSSR count). The Kier molecular flexibility index (Phi) is 5.77. The van der Waals surface area contributed by atoms with E-state index in [1.807, 2.05) is 13.8 Å². The fourth-order valence-corrected chi connectivity index (χ4v) is 2.06. The molecular weight excluding hydrogens is 325 g/mol. The normalized spacial score (nSPS) is 14.2. The van der Waals surface area contributed by atoms with Gasteiger partial charge in [0.25, 0.3) is 5.91 Å². The predicted octanol–water partition coefficient (Wildman–Crippen LogP) is 4.10. The van der Waals surface area contributed by atoms with Crippen molar-refractivity contribution in [1.29, 1.82) is 0 Å². The maximum absolute atomic E-state index is 12.0. The van der Waals surface area contributed by atoms with Gasteiger partial charge in [0.05, 0.1) is 10.6 Å². The molecule has 1 N–H and O–H groups in total. The summed E-state index contributed by atoms with van der Waals surface area (Å²) in [5, 5.41) is 3.33. The van der Waals surface area contributed by atoms with E-state index in [0.29, 0.717) is 16.5 Å². The molecule has 5 heteroatoms. The summed E-state index contributed by atoms with van der Waals surface area (Å²) in [6, 6.07) is 5.20. The third-order valence-corrected chi connectivity index (χ3v) is 3.94. The summed E-state index contributed by atoms with van der Waals surface area (Å²) < 4.78 is 0.824. The van der Waals surface area contributed by atoms with Gasteiger partial charge in [0.1, 0.15) is 0 Å². The molecule has 1 amide bonds. The summed E-state index contributed by atoms with van der Waals surface area (Å²) in [6.07, 6.45) is 0. The minimum atomic E-state index is -0.180. The summed E-state index contributed by atoms with van der Waals surface area (Å²) >= 11 is 15.0. The molecule has 2 atom stereocenters. The van der Waals surface area contributed by atoms with Crippen LogP contribution in [0.5, 0.6) is 0 Å². The highest BCUT2D eigenvalue weighted by atomic mass is 79.9. The van der Waals surface area contributed by atoms with Gasteiger partial charge >= 0.3 is 0 Å². The van der Waals surface area contributed by atoms with Crippen molar-refractivity contribution in [1.82, 2.24) is 5.32 Å². The molecule has 0 spiro atoms. The lowest BCUT2D eigenvalue weighted by molar-refractivity contribution is 0.0931. The van der Waals surface area contributed by atoms with Gasteiger partial charge in [-0.15, -0.1) is 11.6 Å². The van der Waals surface area contributed by atoms with Gasteiger partial charge in [-0.25, -0.2) is 0 Å². The van der Waals surface area contributed by atoms with E-state index >= 15 is 0 Å². The summed E-state index contributed by atoms with van der Waals surface area (Å²) in [5.41, 5.74) is 0.467. The van der Waals surface area contributed by atoms with Gasteiger partial charge in [-0.05, 0) is 31.0 Å². The van der Waals surface area contributed by atoms with Crippen LogP contribution in [-0.4, -0.2) is 17.8 Å². The van der Waals surface area contributed by atoms with Gasteiger partial charge < -0.3 is 5.32 Å². The number of halogens is 3. The van der Waals surface area contributed by atoms with Crippen molar-refractivity contribution in [3.05, 3.63) is 33.3 Å². The van der Waals surface area contributed by atoms with Gasteiger partial charge in [0.2, 0.25) is 0 Å². The standard InChI is InChI=1S/C12H14BrCl2NO/c1-7(6-14)8(2)16-12(17)10-5-9(13)3-4-11(10)15/h3-5,7-8H,6H2,1-2H3,(H,16,17). The van der Waals surface area contributed by atoms with Gasteiger partial charge in [-0.1, -0.05) is 34.5 Å². The van der Waals surface area contributed by atoms with Crippen LogP contribution in [0.3, 0.4) is 0 Å². The Hall–Kier alpha value is -0.250. The Morgan fingerprint density at radius 1 is 1.47 bits per heavy atom. The zero-order valence-corrected chi connectivity index (χ0v) is 12.7. The molecule has 0 saturated carbocycles. The predicted molar refractivity (Wildman–Crippen MR) is 76.0 cm³/mol. The Bertz CT molecular complexity index is 411. The smallest absolute Gasteiger partial charge is 0.253 e. The maximum Gasteiger partial charge on any atom is 0.253 e. The van der Waals surface area contributed by atoms with E-state index in [0.717, 1.165) is 4.47 Å². The fraction of sp³-hybridized carbons (Fsp3) is 0.417. The maximum atomic E-state index is 12.0. The van der Waals surface area contributed by atoms with Crippen molar-refractivity contribution in [3.8, 4) is 0 Å². The third-order valence-electron chi connectivity index (χ3n) is 2.63. The van der Waals surface area contributed by atoms with Gasteiger partial charge in [-0.3, -0.25) is 4.79 Å². The number of hydrogen-bond acceptors (Lipinski definition) is 1. The monoisotopic (exact) mass is 337 g/mol. The van der Waals surface area contributed by atoms with E-state index < -0.39 is 0 Å². The molecule has 0 radical (unpaired) electrons. The second-order valence-corrected chi connectivity index (χ2v) is 5.65.